The van der Waals surface area contributed by atoms with Crippen molar-refractivity contribution in [2.75, 3.05) is 0 Å². The molecule has 10 heteroatoms. The predicted octanol–water partition coefficient (Wildman–Crippen LogP) is 2.75. The minimum absolute atomic E-state index is 0.0549. The molecule has 9 nitrogen and oxygen atoms in total. The van der Waals surface area contributed by atoms with E-state index in [1.165, 1.54) is 23.2 Å². The SMILES string of the molecule is Cn1ccc(-c2ccc(Cn3cc(C(=O)N[C@H]4CCCCC[C@@H]4O)c4ncn(C)c4c3=O)c(F)c2)n1. The van der Waals surface area contributed by atoms with Crippen LogP contribution in [-0.4, -0.2) is 47.1 Å². The van der Waals surface area contributed by atoms with Crippen molar-refractivity contribution in [2.24, 2.45) is 14.1 Å². The number of aromatic nitrogens is 5. The maximum absolute atomic E-state index is 15.1. The number of benzene rings is 1. The van der Waals surface area contributed by atoms with Gasteiger partial charge in [0.05, 0.1) is 36.3 Å². The van der Waals surface area contributed by atoms with Gasteiger partial charge in [0.1, 0.15) is 16.9 Å². The van der Waals surface area contributed by atoms with Crippen LogP contribution in [0.3, 0.4) is 0 Å². The molecule has 3 heterocycles. The highest BCUT2D eigenvalue weighted by atomic mass is 19.1. The number of fused-ring (bicyclic) bond motifs is 1. The van der Waals surface area contributed by atoms with E-state index in [0.717, 1.165) is 19.3 Å². The van der Waals surface area contributed by atoms with Gasteiger partial charge in [-0.1, -0.05) is 31.4 Å². The van der Waals surface area contributed by atoms with E-state index in [2.05, 4.69) is 15.4 Å². The summed E-state index contributed by atoms with van der Waals surface area (Å²) in [5, 5.41) is 17.7. The van der Waals surface area contributed by atoms with Crippen molar-refractivity contribution < 1.29 is 14.3 Å². The summed E-state index contributed by atoms with van der Waals surface area (Å²) in [5.41, 5.74) is 1.98. The van der Waals surface area contributed by atoms with E-state index in [-0.39, 0.29) is 34.7 Å². The lowest BCUT2D eigenvalue weighted by Crippen LogP contribution is -2.43. The molecule has 5 rings (SSSR count). The molecule has 4 aromatic rings. The van der Waals surface area contributed by atoms with Crippen LogP contribution in [-0.2, 0) is 20.6 Å². The number of aliphatic hydroxyl groups is 1. The van der Waals surface area contributed by atoms with Crippen molar-refractivity contribution >= 4 is 16.9 Å². The Labute approximate surface area is 207 Å². The number of hydrogen-bond donors (Lipinski definition) is 2. The van der Waals surface area contributed by atoms with E-state index >= 15 is 4.39 Å². The van der Waals surface area contributed by atoms with Gasteiger partial charge in [-0.15, -0.1) is 0 Å². The second kappa shape index (κ2) is 9.69. The smallest absolute Gasteiger partial charge is 0.277 e. The maximum Gasteiger partial charge on any atom is 0.277 e. The van der Waals surface area contributed by atoms with Gasteiger partial charge < -0.3 is 19.6 Å². The number of hydrogen-bond acceptors (Lipinski definition) is 5. The van der Waals surface area contributed by atoms with Gasteiger partial charge >= 0.3 is 0 Å². The zero-order chi connectivity index (χ0) is 25.4. The van der Waals surface area contributed by atoms with Crippen molar-refractivity contribution in [2.45, 2.75) is 50.8 Å². The van der Waals surface area contributed by atoms with E-state index < -0.39 is 17.8 Å². The second-order valence-electron chi connectivity index (χ2n) is 9.49. The Bertz CT molecular complexity index is 1490. The van der Waals surface area contributed by atoms with Gasteiger partial charge in [0.15, 0.2) is 0 Å². The van der Waals surface area contributed by atoms with Crippen molar-refractivity contribution in [1.82, 2.24) is 29.2 Å². The highest BCUT2D eigenvalue weighted by Crippen LogP contribution is 2.22. The number of imidazole rings is 1. The summed E-state index contributed by atoms with van der Waals surface area (Å²) in [4.78, 5) is 30.9. The van der Waals surface area contributed by atoms with E-state index in [1.54, 1.807) is 47.7 Å². The number of aliphatic hydroxyl groups excluding tert-OH is 1. The standard InChI is InChI=1S/C26H29FN6O3/c1-31-15-28-23-18(25(35)29-21-6-4-3-5-7-22(21)34)14-33(26(36)24(23)31)13-17-9-8-16(12-19(17)27)20-10-11-32(2)30-20/h8-12,14-15,21-22,34H,3-7,13H2,1-2H3,(H,29,35)/t21-,22-/m0/s1. The first-order valence-electron chi connectivity index (χ1n) is 12.1. The molecular formula is C26H29FN6O3. The lowest BCUT2D eigenvalue weighted by Gasteiger charge is -2.22. The maximum atomic E-state index is 15.1. The van der Waals surface area contributed by atoms with Gasteiger partial charge in [-0.2, -0.15) is 5.10 Å². The van der Waals surface area contributed by atoms with E-state index in [9.17, 15) is 14.7 Å². The predicted molar refractivity (Wildman–Crippen MR) is 133 cm³/mol. The van der Waals surface area contributed by atoms with Gasteiger partial charge in [-0.05, 0) is 25.0 Å². The fraction of sp³-hybridized carbons (Fsp3) is 0.385. The molecule has 1 aromatic carbocycles. The van der Waals surface area contributed by atoms with Crippen LogP contribution in [0.15, 0.2) is 47.8 Å². The number of halogens is 1. The quantitative estimate of drug-likeness (QED) is 0.417. The molecule has 0 bridgehead atoms. The Morgan fingerprint density at radius 1 is 1.19 bits per heavy atom. The normalized spacial score (nSPS) is 18.3. The average Bonchev–Trinajstić information content (AvgIpc) is 3.40. The van der Waals surface area contributed by atoms with E-state index in [4.69, 9.17) is 0 Å². The van der Waals surface area contributed by atoms with Crippen LogP contribution >= 0.6 is 0 Å². The Kier molecular flexibility index (Phi) is 6.44. The fourth-order valence-corrected chi connectivity index (χ4v) is 4.86. The van der Waals surface area contributed by atoms with Gasteiger partial charge in [-0.3, -0.25) is 14.3 Å². The molecule has 2 atom stereocenters. The molecule has 0 spiro atoms. The Hall–Kier alpha value is -3.79. The monoisotopic (exact) mass is 492 g/mol. The van der Waals surface area contributed by atoms with Crippen LogP contribution in [0.4, 0.5) is 4.39 Å². The minimum atomic E-state index is -0.617. The largest absolute Gasteiger partial charge is 0.391 e. The van der Waals surface area contributed by atoms with E-state index in [0.29, 0.717) is 29.7 Å². The fourth-order valence-electron chi connectivity index (χ4n) is 4.86. The first-order chi connectivity index (χ1) is 17.3. The third kappa shape index (κ3) is 4.56. The topological polar surface area (TPSA) is 107 Å². The zero-order valence-electron chi connectivity index (χ0n) is 20.3. The molecule has 1 saturated carbocycles. The van der Waals surface area contributed by atoms with Crippen LogP contribution in [0.5, 0.6) is 0 Å². The average molecular weight is 493 g/mol. The molecule has 1 aliphatic rings. The Morgan fingerprint density at radius 2 is 2.00 bits per heavy atom. The zero-order valence-corrected chi connectivity index (χ0v) is 20.3. The highest BCUT2D eigenvalue weighted by Gasteiger charge is 2.26. The molecule has 0 radical (unpaired) electrons. The molecule has 2 N–H and O–H groups in total. The summed E-state index contributed by atoms with van der Waals surface area (Å²) < 4.78 is 19.6. The summed E-state index contributed by atoms with van der Waals surface area (Å²) in [7, 11) is 3.47. The van der Waals surface area contributed by atoms with Crippen LogP contribution in [0.2, 0.25) is 0 Å². The van der Waals surface area contributed by atoms with Gasteiger partial charge in [0.2, 0.25) is 0 Å². The number of carbonyl (C=O) groups excluding carboxylic acids is 1. The molecule has 1 aliphatic carbocycles. The number of nitrogens with zero attached hydrogens (tertiary/aromatic N) is 5. The van der Waals surface area contributed by atoms with Crippen molar-refractivity contribution in [3.05, 3.63) is 70.3 Å². The Balaban J connectivity index is 1.49. The summed E-state index contributed by atoms with van der Waals surface area (Å²) >= 11 is 0. The van der Waals surface area contributed by atoms with Crippen molar-refractivity contribution in [3.8, 4) is 11.3 Å². The van der Waals surface area contributed by atoms with Gasteiger partial charge in [0.25, 0.3) is 11.5 Å². The third-order valence-corrected chi connectivity index (χ3v) is 6.88. The van der Waals surface area contributed by atoms with Crippen LogP contribution in [0, 0.1) is 5.82 Å². The van der Waals surface area contributed by atoms with Gasteiger partial charge in [0, 0.05) is 37.6 Å². The Morgan fingerprint density at radius 3 is 2.75 bits per heavy atom. The van der Waals surface area contributed by atoms with Crippen LogP contribution < -0.4 is 10.9 Å². The third-order valence-electron chi connectivity index (χ3n) is 6.88. The molecule has 1 fully saturated rings. The summed E-state index contributed by atoms with van der Waals surface area (Å²) in [6.07, 6.45) is 8.27. The molecule has 0 saturated heterocycles. The number of pyridine rings is 1. The summed E-state index contributed by atoms with van der Waals surface area (Å²) in [6, 6.07) is 6.21. The number of amides is 1. The lowest BCUT2D eigenvalue weighted by atomic mass is 10.1. The molecule has 36 heavy (non-hydrogen) atoms. The van der Waals surface area contributed by atoms with Crippen LogP contribution in [0.25, 0.3) is 22.3 Å². The molecule has 0 aliphatic heterocycles. The van der Waals surface area contributed by atoms with Gasteiger partial charge in [-0.25, -0.2) is 9.37 Å². The molecule has 3 aromatic heterocycles. The molecule has 188 valence electrons. The minimum Gasteiger partial charge on any atom is -0.391 e. The lowest BCUT2D eigenvalue weighted by molar-refractivity contribution is 0.0819. The first kappa shape index (κ1) is 23.9. The highest BCUT2D eigenvalue weighted by molar-refractivity contribution is 6.04. The number of aryl methyl sites for hydroxylation is 2. The summed E-state index contributed by atoms with van der Waals surface area (Å²) in [5.74, 6) is -0.882. The van der Waals surface area contributed by atoms with Crippen molar-refractivity contribution in [3.63, 3.8) is 0 Å². The first-order valence-corrected chi connectivity index (χ1v) is 12.1. The van der Waals surface area contributed by atoms with Crippen LogP contribution in [0.1, 0.15) is 48.0 Å². The molecule has 1 amide bonds. The number of carbonyl (C=O) groups is 1. The number of rotatable bonds is 5. The second-order valence-corrected chi connectivity index (χ2v) is 9.49. The number of nitrogens with one attached hydrogen (secondary N) is 1. The molecule has 0 unspecified atom stereocenters. The van der Waals surface area contributed by atoms with Crippen molar-refractivity contribution in [1.29, 1.82) is 0 Å². The molecular weight excluding hydrogens is 463 g/mol. The van der Waals surface area contributed by atoms with E-state index in [1.807, 2.05) is 0 Å². The summed E-state index contributed by atoms with van der Waals surface area (Å²) in [6.45, 7) is -0.0549.